The monoisotopic (exact) mass is 302 g/mol. The fourth-order valence-corrected chi connectivity index (χ4v) is 2.07. The molecule has 0 spiro atoms. The Kier molecular flexibility index (Phi) is 5.87. The van der Waals surface area contributed by atoms with Crippen molar-refractivity contribution >= 4 is 0 Å². The summed E-state index contributed by atoms with van der Waals surface area (Å²) in [5.74, 6) is 1.57. The highest BCUT2D eigenvalue weighted by molar-refractivity contribution is 5.34. The molecule has 0 aliphatic carbocycles. The van der Waals surface area contributed by atoms with Crippen LogP contribution in [0, 0.1) is 10.8 Å². The van der Waals surface area contributed by atoms with Gasteiger partial charge in [0.05, 0.1) is 0 Å². The van der Waals surface area contributed by atoms with Gasteiger partial charge in [0.2, 0.25) is 0 Å². The molecule has 0 saturated heterocycles. The fraction of sp³-hybridized carbons (Fsp3) is 0.500. The summed E-state index contributed by atoms with van der Waals surface area (Å²) < 4.78 is 12.1. The Morgan fingerprint density at radius 1 is 0.818 bits per heavy atom. The van der Waals surface area contributed by atoms with E-state index in [1.807, 2.05) is 36.4 Å². The molecule has 0 amide bonds. The minimum atomic E-state index is -0.0550. The predicted octanol–water partition coefficient (Wildman–Crippen LogP) is 5.65. The molecule has 0 heterocycles. The number of hydrogen-bond donors (Lipinski definition) is 0. The zero-order valence-corrected chi connectivity index (χ0v) is 14.8. The number of hydrogen-bond acceptors (Lipinski definition) is 2. The molecule has 0 bridgehead atoms. The van der Waals surface area contributed by atoms with Crippen LogP contribution in [0.1, 0.15) is 41.5 Å². The summed E-state index contributed by atoms with van der Waals surface area (Å²) in [5, 5.41) is 0. The zero-order valence-electron chi connectivity index (χ0n) is 14.8. The van der Waals surface area contributed by atoms with Crippen LogP contribution in [0.5, 0.6) is 11.5 Å². The molecule has 1 rings (SSSR count). The van der Waals surface area contributed by atoms with Gasteiger partial charge < -0.3 is 9.47 Å². The third-order valence-electron chi connectivity index (χ3n) is 3.47. The molecule has 2 heteroatoms. The molecule has 0 aliphatic heterocycles. The minimum absolute atomic E-state index is 0.00628. The highest BCUT2D eigenvalue weighted by Crippen LogP contribution is 2.30. The Hall–Kier alpha value is -1.70. The summed E-state index contributed by atoms with van der Waals surface area (Å²) >= 11 is 0. The number of ether oxygens (including phenoxy) is 2. The molecule has 2 atom stereocenters. The van der Waals surface area contributed by atoms with Crippen LogP contribution in [0.15, 0.2) is 49.6 Å². The molecule has 0 aliphatic rings. The van der Waals surface area contributed by atoms with Gasteiger partial charge in [-0.05, 0) is 12.1 Å². The summed E-state index contributed by atoms with van der Waals surface area (Å²) in [7, 11) is 0. The Morgan fingerprint density at radius 2 is 1.18 bits per heavy atom. The van der Waals surface area contributed by atoms with E-state index in [4.69, 9.17) is 9.47 Å². The lowest BCUT2D eigenvalue weighted by molar-refractivity contribution is 0.121. The van der Waals surface area contributed by atoms with Gasteiger partial charge in [-0.1, -0.05) is 72.9 Å². The van der Waals surface area contributed by atoms with Crippen LogP contribution < -0.4 is 9.47 Å². The molecular formula is C20H30O2. The van der Waals surface area contributed by atoms with E-state index >= 15 is 0 Å². The maximum Gasteiger partial charge on any atom is 0.123 e. The maximum absolute atomic E-state index is 6.05. The lowest BCUT2D eigenvalue weighted by atomic mass is 9.89. The van der Waals surface area contributed by atoms with Gasteiger partial charge in [-0.2, -0.15) is 0 Å². The average molecular weight is 302 g/mol. The van der Waals surface area contributed by atoms with Gasteiger partial charge >= 0.3 is 0 Å². The maximum atomic E-state index is 6.05. The Bertz CT molecular complexity index is 460. The summed E-state index contributed by atoms with van der Waals surface area (Å²) in [6.45, 7) is 20.5. The van der Waals surface area contributed by atoms with Crippen LogP contribution in [0.4, 0.5) is 0 Å². The molecule has 22 heavy (non-hydrogen) atoms. The second kappa shape index (κ2) is 7.04. The van der Waals surface area contributed by atoms with E-state index in [-0.39, 0.29) is 23.0 Å². The molecule has 0 N–H and O–H groups in total. The Labute approximate surface area is 135 Å². The third kappa shape index (κ3) is 5.25. The summed E-state index contributed by atoms with van der Waals surface area (Å²) in [5.41, 5.74) is -0.0126. The SMILES string of the molecule is C=CC(Oc1cccc(OC(C=C)C(C)(C)C)c1)C(C)(C)C. The molecule has 2 nitrogen and oxygen atoms in total. The van der Waals surface area contributed by atoms with Gasteiger partial charge in [0, 0.05) is 16.9 Å². The van der Waals surface area contributed by atoms with Crippen LogP contribution in [0.25, 0.3) is 0 Å². The van der Waals surface area contributed by atoms with E-state index in [0.717, 1.165) is 11.5 Å². The van der Waals surface area contributed by atoms with Gasteiger partial charge in [0.25, 0.3) is 0 Å². The molecule has 1 aromatic carbocycles. The molecule has 0 radical (unpaired) electrons. The lowest BCUT2D eigenvalue weighted by Crippen LogP contribution is -2.30. The normalized spacial score (nSPS) is 14.8. The van der Waals surface area contributed by atoms with Crippen molar-refractivity contribution in [3.05, 3.63) is 49.6 Å². The predicted molar refractivity (Wildman–Crippen MR) is 94.6 cm³/mol. The van der Waals surface area contributed by atoms with Crippen LogP contribution >= 0.6 is 0 Å². The molecule has 2 unspecified atom stereocenters. The first kappa shape index (κ1) is 18.3. The second-order valence-electron chi connectivity index (χ2n) is 7.76. The summed E-state index contributed by atoms with van der Waals surface area (Å²) in [6.07, 6.45) is 3.57. The van der Waals surface area contributed by atoms with Crippen molar-refractivity contribution in [2.24, 2.45) is 10.8 Å². The molecule has 0 aromatic heterocycles. The second-order valence-corrected chi connectivity index (χ2v) is 7.76. The largest absolute Gasteiger partial charge is 0.486 e. The van der Waals surface area contributed by atoms with Gasteiger partial charge in [-0.15, -0.1) is 0 Å². The average Bonchev–Trinajstić information content (AvgIpc) is 2.40. The van der Waals surface area contributed by atoms with E-state index in [2.05, 4.69) is 54.7 Å². The lowest BCUT2D eigenvalue weighted by Gasteiger charge is -2.30. The highest BCUT2D eigenvalue weighted by Gasteiger charge is 2.25. The van der Waals surface area contributed by atoms with E-state index in [0.29, 0.717) is 0 Å². The quantitative estimate of drug-likeness (QED) is 0.633. The minimum Gasteiger partial charge on any atom is -0.486 e. The number of rotatable bonds is 6. The van der Waals surface area contributed by atoms with Gasteiger partial charge in [-0.25, -0.2) is 0 Å². The first-order valence-corrected chi connectivity index (χ1v) is 7.76. The van der Waals surface area contributed by atoms with Crippen LogP contribution in [0.3, 0.4) is 0 Å². The van der Waals surface area contributed by atoms with Crippen LogP contribution in [-0.4, -0.2) is 12.2 Å². The van der Waals surface area contributed by atoms with Gasteiger partial charge in [-0.3, -0.25) is 0 Å². The number of benzene rings is 1. The highest BCUT2D eigenvalue weighted by atomic mass is 16.5. The van der Waals surface area contributed by atoms with Crippen molar-refractivity contribution in [3.8, 4) is 11.5 Å². The molecule has 1 aromatic rings. The van der Waals surface area contributed by atoms with E-state index in [1.54, 1.807) is 0 Å². The topological polar surface area (TPSA) is 18.5 Å². The summed E-state index contributed by atoms with van der Waals surface area (Å²) in [4.78, 5) is 0. The standard InChI is InChI=1S/C20H30O2/c1-9-17(19(3,4)5)21-15-12-11-13-16(14-15)22-18(10-2)20(6,7)8/h9-14,17-18H,1-2H2,3-8H3. The van der Waals surface area contributed by atoms with E-state index in [1.165, 1.54) is 0 Å². The van der Waals surface area contributed by atoms with E-state index in [9.17, 15) is 0 Å². The van der Waals surface area contributed by atoms with Crippen molar-refractivity contribution in [2.45, 2.75) is 53.8 Å². The van der Waals surface area contributed by atoms with Gasteiger partial charge in [0.15, 0.2) is 0 Å². The molecule has 0 saturated carbocycles. The zero-order chi connectivity index (χ0) is 17.0. The van der Waals surface area contributed by atoms with Crippen molar-refractivity contribution < 1.29 is 9.47 Å². The molecular weight excluding hydrogens is 272 g/mol. The molecule has 0 fully saturated rings. The Morgan fingerprint density at radius 3 is 1.45 bits per heavy atom. The van der Waals surface area contributed by atoms with Crippen molar-refractivity contribution in [1.29, 1.82) is 0 Å². The first-order chi connectivity index (χ1) is 10.1. The van der Waals surface area contributed by atoms with Gasteiger partial charge in [0.1, 0.15) is 23.7 Å². The Balaban J connectivity index is 2.90. The van der Waals surface area contributed by atoms with Crippen molar-refractivity contribution in [3.63, 3.8) is 0 Å². The first-order valence-electron chi connectivity index (χ1n) is 7.76. The van der Waals surface area contributed by atoms with Crippen LogP contribution in [0.2, 0.25) is 0 Å². The summed E-state index contributed by atoms with van der Waals surface area (Å²) in [6, 6.07) is 7.74. The third-order valence-corrected chi connectivity index (χ3v) is 3.47. The van der Waals surface area contributed by atoms with Crippen molar-refractivity contribution in [2.75, 3.05) is 0 Å². The van der Waals surface area contributed by atoms with Crippen molar-refractivity contribution in [1.82, 2.24) is 0 Å². The van der Waals surface area contributed by atoms with E-state index < -0.39 is 0 Å². The molecule has 122 valence electrons. The van der Waals surface area contributed by atoms with Crippen LogP contribution in [-0.2, 0) is 0 Å². The smallest absolute Gasteiger partial charge is 0.123 e. The fourth-order valence-electron chi connectivity index (χ4n) is 2.07.